The molecule has 0 aromatic carbocycles. The molecule has 1 amide bonds. The molecule has 0 unspecified atom stereocenters. The van der Waals surface area contributed by atoms with Crippen LogP contribution in [-0.2, 0) is 13.6 Å². The van der Waals surface area contributed by atoms with Crippen molar-refractivity contribution in [2.24, 2.45) is 7.05 Å². The monoisotopic (exact) mass is 245 g/mol. The van der Waals surface area contributed by atoms with Gasteiger partial charge in [-0.15, -0.1) is 0 Å². The van der Waals surface area contributed by atoms with Gasteiger partial charge < -0.3 is 11.1 Å². The predicted octanol–water partition coefficient (Wildman–Crippen LogP) is 0.636. The van der Waals surface area contributed by atoms with Crippen molar-refractivity contribution >= 4 is 11.6 Å². The highest BCUT2D eigenvalue weighted by atomic mass is 16.1. The molecule has 0 saturated heterocycles. The molecule has 6 nitrogen and oxygen atoms in total. The summed E-state index contributed by atoms with van der Waals surface area (Å²) in [5.74, 6) is -0.281. The third kappa shape index (κ3) is 2.32. The molecule has 94 valence electrons. The first-order chi connectivity index (χ1) is 8.59. The molecule has 3 N–H and O–H groups in total. The smallest absolute Gasteiger partial charge is 0.272 e. The number of amides is 1. The van der Waals surface area contributed by atoms with Gasteiger partial charge in [0.15, 0.2) is 5.69 Å². The van der Waals surface area contributed by atoms with Crippen LogP contribution >= 0.6 is 0 Å². The normalized spacial score (nSPS) is 10.3. The average Bonchev–Trinajstić information content (AvgIpc) is 2.68. The predicted molar refractivity (Wildman–Crippen MR) is 67.8 cm³/mol. The number of rotatable bonds is 3. The zero-order valence-electron chi connectivity index (χ0n) is 10.3. The van der Waals surface area contributed by atoms with Gasteiger partial charge in [0.2, 0.25) is 0 Å². The van der Waals surface area contributed by atoms with Crippen LogP contribution in [0.1, 0.15) is 21.7 Å². The maximum atomic E-state index is 11.9. The van der Waals surface area contributed by atoms with Gasteiger partial charge >= 0.3 is 0 Å². The van der Waals surface area contributed by atoms with Crippen molar-refractivity contribution in [1.29, 1.82) is 0 Å². The quantitative estimate of drug-likeness (QED) is 0.830. The maximum Gasteiger partial charge on any atom is 0.272 e. The standard InChI is InChI=1S/C12H15N5O/c1-8-9(7-16-17(8)2)6-15-12(18)11-10(13)4-3-5-14-11/h3-5,7H,6,13H2,1-2H3,(H,15,18). The first-order valence-electron chi connectivity index (χ1n) is 5.55. The van der Waals surface area contributed by atoms with Crippen molar-refractivity contribution in [1.82, 2.24) is 20.1 Å². The van der Waals surface area contributed by atoms with E-state index in [0.29, 0.717) is 12.2 Å². The van der Waals surface area contributed by atoms with Crippen molar-refractivity contribution in [3.63, 3.8) is 0 Å². The molecule has 0 radical (unpaired) electrons. The minimum absolute atomic E-state index is 0.249. The molecule has 2 aromatic heterocycles. The van der Waals surface area contributed by atoms with E-state index in [0.717, 1.165) is 11.3 Å². The summed E-state index contributed by atoms with van der Waals surface area (Å²) in [6.45, 7) is 2.36. The lowest BCUT2D eigenvalue weighted by Crippen LogP contribution is -2.25. The average molecular weight is 245 g/mol. The summed E-state index contributed by atoms with van der Waals surface area (Å²) >= 11 is 0. The molecular formula is C12H15N5O. The lowest BCUT2D eigenvalue weighted by atomic mass is 10.2. The van der Waals surface area contributed by atoms with Crippen molar-refractivity contribution < 1.29 is 4.79 Å². The second-order valence-electron chi connectivity index (χ2n) is 4.00. The third-order valence-corrected chi connectivity index (χ3v) is 2.83. The topological polar surface area (TPSA) is 85.8 Å². The SMILES string of the molecule is Cc1c(CNC(=O)c2ncccc2N)cnn1C. The number of nitrogen functional groups attached to an aromatic ring is 1. The third-order valence-electron chi connectivity index (χ3n) is 2.83. The second kappa shape index (κ2) is 4.87. The molecule has 0 atom stereocenters. The Kier molecular flexibility index (Phi) is 3.27. The summed E-state index contributed by atoms with van der Waals surface area (Å²) in [4.78, 5) is 15.8. The summed E-state index contributed by atoms with van der Waals surface area (Å²) in [6.07, 6.45) is 3.28. The summed E-state index contributed by atoms with van der Waals surface area (Å²) in [5.41, 5.74) is 8.30. The molecular weight excluding hydrogens is 230 g/mol. The van der Waals surface area contributed by atoms with Crippen LogP contribution in [0.4, 0.5) is 5.69 Å². The van der Waals surface area contributed by atoms with Gasteiger partial charge in [0.05, 0.1) is 11.9 Å². The van der Waals surface area contributed by atoms with Gasteiger partial charge in [0.25, 0.3) is 5.91 Å². The van der Waals surface area contributed by atoms with E-state index in [9.17, 15) is 4.79 Å². The molecule has 0 spiro atoms. The van der Waals surface area contributed by atoms with Crippen LogP contribution in [0.5, 0.6) is 0 Å². The van der Waals surface area contributed by atoms with Gasteiger partial charge in [-0.1, -0.05) is 0 Å². The fourth-order valence-corrected chi connectivity index (χ4v) is 1.58. The fraction of sp³-hybridized carbons (Fsp3) is 0.250. The van der Waals surface area contributed by atoms with E-state index in [2.05, 4.69) is 15.4 Å². The molecule has 0 aliphatic heterocycles. The lowest BCUT2D eigenvalue weighted by Gasteiger charge is -2.06. The zero-order valence-corrected chi connectivity index (χ0v) is 10.3. The molecule has 18 heavy (non-hydrogen) atoms. The van der Waals surface area contributed by atoms with Crippen molar-refractivity contribution in [2.75, 3.05) is 5.73 Å². The Bertz CT molecular complexity index is 576. The van der Waals surface area contributed by atoms with Crippen LogP contribution in [0.15, 0.2) is 24.5 Å². The van der Waals surface area contributed by atoms with Crippen molar-refractivity contribution in [3.8, 4) is 0 Å². The van der Waals surface area contributed by atoms with Gasteiger partial charge in [0.1, 0.15) is 0 Å². The summed E-state index contributed by atoms with van der Waals surface area (Å²) < 4.78 is 1.76. The summed E-state index contributed by atoms with van der Waals surface area (Å²) in [6, 6.07) is 3.34. The van der Waals surface area contributed by atoms with Gasteiger partial charge in [0, 0.05) is 31.0 Å². The maximum absolute atomic E-state index is 11.9. The minimum atomic E-state index is -0.281. The highest BCUT2D eigenvalue weighted by Gasteiger charge is 2.11. The molecule has 2 rings (SSSR count). The molecule has 2 aromatic rings. The van der Waals surface area contributed by atoms with E-state index in [4.69, 9.17) is 5.73 Å². The molecule has 2 heterocycles. The molecule has 0 bridgehead atoms. The Labute approximate surface area is 105 Å². The Balaban J connectivity index is 2.05. The van der Waals surface area contributed by atoms with Crippen LogP contribution in [0.25, 0.3) is 0 Å². The van der Waals surface area contributed by atoms with Crippen LogP contribution in [0.2, 0.25) is 0 Å². The van der Waals surface area contributed by atoms with Crippen LogP contribution in [-0.4, -0.2) is 20.7 Å². The number of hydrogen-bond donors (Lipinski definition) is 2. The number of anilines is 1. The fourth-order valence-electron chi connectivity index (χ4n) is 1.58. The first-order valence-corrected chi connectivity index (χ1v) is 5.55. The lowest BCUT2D eigenvalue weighted by molar-refractivity contribution is 0.0947. The van der Waals surface area contributed by atoms with E-state index < -0.39 is 0 Å². The Morgan fingerprint density at radius 3 is 2.94 bits per heavy atom. The summed E-state index contributed by atoms with van der Waals surface area (Å²) in [5, 5.41) is 6.88. The van der Waals surface area contributed by atoms with E-state index in [1.54, 1.807) is 29.2 Å². The second-order valence-corrected chi connectivity index (χ2v) is 4.00. The number of pyridine rings is 1. The van der Waals surface area contributed by atoms with E-state index >= 15 is 0 Å². The largest absolute Gasteiger partial charge is 0.397 e. The van der Waals surface area contributed by atoms with Gasteiger partial charge in [-0.2, -0.15) is 5.10 Å². The number of nitrogens with zero attached hydrogens (tertiary/aromatic N) is 3. The van der Waals surface area contributed by atoms with Crippen LogP contribution in [0, 0.1) is 6.92 Å². The Morgan fingerprint density at radius 1 is 1.56 bits per heavy atom. The van der Waals surface area contributed by atoms with Crippen LogP contribution < -0.4 is 11.1 Å². The van der Waals surface area contributed by atoms with Gasteiger partial charge in [-0.05, 0) is 19.1 Å². The molecule has 6 heteroatoms. The molecule has 0 aliphatic carbocycles. The highest BCUT2D eigenvalue weighted by molar-refractivity contribution is 5.96. The van der Waals surface area contributed by atoms with E-state index in [1.807, 2.05) is 14.0 Å². The number of carbonyl (C=O) groups excluding carboxylic acids is 1. The number of aryl methyl sites for hydroxylation is 1. The van der Waals surface area contributed by atoms with Gasteiger partial charge in [-0.3, -0.25) is 9.48 Å². The number of hydrogen-bond acceptors (Lipinski definition) is 4. The number of nitrogens with one attached hydrogen (secondary N) is 1. The van der Waals surface area contributed by atoms with Crippen LogP contribution in [0.3, 0.4) is 0 Å². The molecule has 0 fully saturated rings. The number of aromatic nitrogens is 3. The van der Waals surface area contributed by atoms with Crippen molar-refractivity contribution in [3.05, 3.63) is 41.5 Å². The Hall–Kier alpha value is -2.37. The van der Waals surface area contributed by atoms with Crippen molar-refractivity contribution in [2.45, 2.75) is 13.5 Å². The number of nitrogens with two attached hydrogens (primary N) is 1. The first kappa shape index (κ1) is 12.1. The van der Waals surface area contributed by atoms with E-state index in [1.165, 1.54) is 0 Å². The van der Waals surface area contributed by atoms with Gasteiger partial charge in [-0.25, -0.2) is 4.98 Å². The van der Waals surface area contributed by atoms with E-state index in [-0.39, 0.29) is 11.6 Å². The minimum Gasteiger partial charge on any atom is -0.397 e. The molecule has 0 saturated carbocycles. The highest BCUT2D eigenvalue weighted by Crippen LogP contribution is 2.08. The zero-order chi connectivity index (χ0) is 13.1. The Morgan fingerprint density at radius 2 is 2.33 bits per heavy atom. The molecule has 0 aliphatic rings. The summed E-state index contributed by atoms with van der Waals surface area (Å²) in [7, 11) is 1.86. The number of carbonyl (C=O) groups is 1.